The van der Waals surface area contributed by atoms with E-state index in [1.807, 2.05) is 6.07 Å². The third-order valence-corrected chi connectivity index (χ3v) is 3.66. The van der Waals surface area contributed by atoms with Crippen LogP contribution in [0.2, 0.25) is 0 Å². The first-order chi connectivity index (χ1) is 9.76. The van der Waals surface area contributed by atoms with Gasteiger partial charge in [-0.25, -0.2) is 4.39 Å². The fourth-order valence-electron chi connectivity index (χ4n) is 2.58. The normalized spacial score (nSPS) is 18.8. The number of para-hydroxylation sites is 1. The second-order valence-electron chi connectivity index (χ2n) is 5.01. The highest BCUT2D eigenvalue weighted by molar-refractivity contribution is 5.55. The number of benzene rings is 1. The average Bonchev–Trinajstić information content (AvgIpc) is 2.92. The Hall–Kier alpha value is -1.17. The first kappa shape index (κ1) is 15.2. The summed E-state index contributed by atoms with van der Waals surface area (Å²) in [6, 6.07) is 5.25. The Bertz CT molecular complexity index is 428. The van der Waals surface area contributed by atoms with Crippen molar-refractivity contribution in [2.24, 2.45) is 0 Å². The molecule has 2 rings (SSSR count). The second kappa shape index (κ2) is 7.57. The second-order valence-corrected chi connectivity index (χ2v) is 5.01. The summed E-state index contributed by atoms with van der Waals surface area (Å²) in [5.41, 5.74) is 1.69. The summed E-state index contributed by atoms with van der Waals surface area (Å²) < 4.78 is 24.5. The molecule has 1 aromatic carbocycles. The van der Waals surface area contributed by atoms with Crippen molar-refractivity contribution in [3.8, 4) is 0 Å². The van der Waals surface area contributed by atoms with Crippen molar-refractivity contribution in [3.63, 3.8) is 0 Å². The van der Waals surface area contributed by atoms with E-state index in [1.54, 1.807) is 20.3 Å². The molecule has 0 bridgehead atoms. The largest absolute Gasteiger partial charge is 0.383 e. The smallest absolute Gasteiger partial charge is 0.146 e. The van der Waals surface area contributed by atoms with Crippen LogP contribution in [0.4, 0.5) is 10.1 Å². The molecule has 1 aliphatic rings. The molecule has 5 heteroatoms. The molecule has 1 fully saturated rings. The van der Waals surface area contributed by atoms with Crippen LogP contribution in [0, 0.1) is 5.82 Å². The molecule has 1 aromatic rings. The molecule has 1 aliphatic heterocycles. The fraction of sp³-hybridized carbons (Fsp3) is 0.600. The summed E-state index contributed by atoms with van der Waals surface area (Å²) in [6.45, 7) is 3.64. The molecule has 1 saturated heterocycles. The van der Waals surface area contributed by atoms with Crippen molar-refractivity contribution in [1.29, 1.82) is 0 Å². The Morgan fingerprint density at radius 2 is 2.25 bits per heavy atom. The van der Waals surface area contributed by atoms with Gasteiger partial charge >= 0.3 is 0 Å². The molecule has 0 amide bonds. The third-order valence-electron chi connectivity index (χ3n) is 3.66. The van der Waals surface area contributed by atoms with Crippen molar-refractivity contribution in [2.45, 2.75) is 19.1 Å². The number of nitrogens with one attached hydrogen (secondary N) is 1. The predicted octanol–water partition coefficient (Wildman–Crippen LogP) is 1.79. The number of rotatable bonds is 7. The maximum Gasteiger partial charge on any atom is 0.146 e. The van der Waals surface area contributed by atoms with E-state index in [2.05, 4.69) is 10.2 Å². The number of ether oxygens (including phenoxy) is 2. The summed E-state index contributed by atoms with van der Waals surface area (Å²) in [5.74, 6) is -0.159. The van der Waals surface area contributed by atoms with E-state index in [0.29, 0.717) is 18.8 Å². The molecule has 112 valence electrons. The summed E-state index contributed by atoms with van der Waals surface area (Å²) in [7, 11) is 3.38. The van der Waals surface area contributed by atoms with E-state index in [4.69, 9.17) is 9.47 Å². The van der Waals surface area contributed by atoms with Gasteiger partial charge in [0.15, 0.2) is 0 Å². The minimum Gasteiger partial charge on any atom is -0.383 e. The van der Waals surface area contributed by atoms with Crippen molar-refractivity contribution >= 4 is 5.69 Å². The fourth-order valence-corrected chi connectivity index (χ4v) is 2.58. The van der Waals surface area contributed by atoms with Gasteiger partial charge in [0.05, 0.1) is 18.4 Å². The van der Waals surface area contributed by atoms with Crippen LogP contribution in [0.25, 0.3) is 0 Å². The molecule has 0 aliphatic carbocycles. The summed E-state index contributed by atoms with van der Waals surface area (Å²) in [4.78, 5) is 2.08. The van der Waals surface area contributed by atoms with Gasteiger partial charge in [-0.1, -0.05) is 12.1 Å². The predicted molar refractivity (Wildman–Crippen MR) is 77.6 cm³/mol. The molecule has 0 radical (unpaired) electrons. The molecule has 0 saturated carbocycles. The number of halogens is 1. The van der Waals surface area contributed by atoms with Gasteiger partial charge in [0, 0.05) is 40.4 Å². The van der Waals surface area contributed by atoms with Gasteiger partial charge in [0.1, 0.15) is 5.82 Å². The van der Waals surface area contributed by atoms with E-state index in [1.165, 1.54) is 6.07 Å². The average molecular weight is 282 g/mol. The van der Waals surface area contributed by atoms with E-state index in [0.717, 1.165) is 31.6 Å². The van der Waals surface area contributed by atoms with Crippen LogP contribution in [0.1, 0.15) is 12.0 Å². The Kier molecular flexibility index (Phi) is 5.76. The summed E-state index contributed by atoms with van der Waals surface area (Å²) in [6.07, 6.45) is 1.14. The monoisotopic (exact) mass is 282 g/mol. The topological polar surface area (TPSA) is 33.7 Å². The molecule has 20 heavy (non-hydrogen) atoms. The first-order valence-electron chi connectivity index (χ1n) is 7.01. The van der Waals surface area contributed by atoms with Gasteiger partial charge in [-0.15, -0.1) is 0 Å². The van der Waals surface area contributed by atoms with Gasteiger partial charge in [-0.05, 0) is 18.1 Å². The SMILES string of the molecule is COCCNCc1cccc(F)c1N1CCC(OC)C1. The molecular formula is C15H23FN2O2. The van der Waals surface area contributed by atoms with Crippen LogP contribution < -0.4 is 10.2 Å². The zero-order valence-corrected chi connectivity index (χ0v) is 12.2. The highest BCUT2D eigenvalue weighted by Crippen LogP contribution is 2.28. The zero-order valence-electron chi connectivity index (χ0n) is 12.2. The van der Waals surface area contributed by atoms with Gasteiger partial charge < -0.3 is 19.7 Å². The molecule has 0 aromatic heterocycles. The van der Waals surface area contributed by atoms with Gasteiger partial charge in [-0.2, -0.15) is 0 Å². The van der Waals surface area contributed by atoms with Crippen molar-refractivity contribution < 1.29 is 13.9 Å². The summed E-state index contributed by atoms with van der Waals surface area (Å²) >= 11 is 0. The highest BCUT2D eigenvalue weighted by Gasteiger charge is 2.25. The molecule has 1 N–H and O–H groups in total. The first-order valence-corrected chi connectivity index (χ1v) is 7.01. The van der Waals surface area contributed by atoms with E-state index >= 15 is 0 Å². The van der Waals surface area contributed by atoms with Crippen molar-refractivity contribution in [3.05, 3.63) is 29.6 Å². The lowest BCUT2D eigenvalue weighted by Crippen LogP contribution is -2.26. The van der Waals surface area contributed by atoms with E-state index in [-0.39, 0.29) is 11.9 Å². The number of methoxy groups -OCH3 is 2. The molecule has 4 nitrogen and oxygen atoms in total. The highest BCUT2D eigenvalue weighted by atomic mass is 19.1. The van der Waals surface area contributed by atoms with E-state index in [9.17, 15) is 4.39 Å². The van der Waals surface area contributed by atoms with Crippen LogP contribution in [0.15, 0.2) is 18.2 Å². The van der Waals surface area contributed by atoms with Crippen LogP contribution in [-0.4, -0.2) is 46.6 Å². The number of nitrogens with zero attached hydrogens (tertiary/aromatic N) is 1. The third kappa shape index (κ3) is 3.69. The molecule has 1 heterocycles. The van der Waals surface area contributed by atoms with Crippen molar-refractivity contribution in [2.75, 3.05) is 45.4 Å². The van der Waals surface area contributed by atoms with Crippen LogP contribution >= 0.6 is 0 Å². The zero-order chi connectivity index (χ0) is 14.4. The lowest BCUT2D eigenvalue weighted by atomic mass is 10.1. The number of anilines is 1. The standard InChI is InChI=1S/C15H23FN2O2/c1-19-9-7-17-10-12-4-3-5-14(16)15(12)18-8-6-13(11-18)20-2/h3-5,13,17H,6-11H2,1-2H3. The van der Waals surface area contributed by atoms with Crippen molar-refractivity contribution in [1.82, 2.24) is 5.32 Å². The van der Waals surface area contributed by atoms with Gasteiger partial charge in [0.2, 0.25) is 0 Å². The Balaban J connectivity index is 2.06. The quantitative estimate of drug-likeness (QED) is 0.773. The minimum atomic E-state index is -0.159. The van der Waals surface area contributed by atoms with Gasteiger partial charge in [0.25, 0.3) is 0 Å². The van der Waals surface area contributed by atoms with Crippen LogP contribution in [-0.2, 0) is 16.0 Å². The molecule has 1 atom stereocenters. The number of hydrogen-bond acceptors (Lipinski definition) is 4. The number of hydrogen-bond donors (Lipinski definition) is 1. The minimum absolute atomic E-state index is 0.159. The van der Waals surface area contributed by atoms with E-state index < -0.39 is 0 Å². The maximum absolute atomic E-state index is 14.2. The molecular weight excluding hydrogens is 259 g/mol. The van der Waals surface area contributed by atoms with Crippen LogP contribution in [0.5, 0.6) is 0 Å². The lowest BCUT2D eigenvalue weighted by Gasteiger charge is -2.22. The van der Waals surface area contributed by atoms with Gasteiger partial charge in [-0.3, -0.25) is 0 Å². The molecule has 0 spiro atoms. The maximum atomic E-state index is 14.2. The molecule has 1 unspecified atom stereocenters. The van der Waals surface area contributed by atoms with Crippen LogP contribution in [0.3, 0.4) is 0 Å². The lowest BCUT2D eigenvalue weighted by molar-refractivity contribution is 0.121. The Morgan fingerprint density at radius 1 is 1.40 bits per heavy atom. The Morgan fingerprint density at radius 3 is 2.95 bits per heavy atom. The Labute approximate surface area is 119 Å². The summed E-state index contributed by atoms with van der Waals surface area (Å²) in [5, 5.41) is 3.27.